The molecule has 0 aliphatic rings. The van der Waals surface area contributed by atoms with Crippen molar-refractivity contribution in [3.05, 3.63) is 35.9 Å². The monoisotopic (exact) mass is 433 g/mol. The smallest absolute Gasteiger partial charge is 0.191 e. The van der Waals surface area contributed by atoms with E-state index in [9.17, 15) is 0 Å². The largest absolute Gasteiger partial charge is 0.382 e. The fraction of sp³-hybridized carbons (Fsp3) is 0.611. The summed E-state index contributed by atoms with van der Waals surface area (Å²) in [5, 5.41) is 6.81. The van der Waals surface area contributed by atoms with Crippen LogP contribution in [0.4, 0.5) is 0 Å². The number of halogens is 1. The van der Waals surface area contributed by atoms with E-state index < -0.39 is 0 Å². The van der Waals surface area contributed by atoms with Crippen molar-refractivity contribution < 1.29 is 4.74 Å². The summed E-state index contributed by atoms with van der Waals surface area (Å²) in [5.41, 5.74) is 1.38. The number of unbranched alkanes of at least 4 members (excludes halogenated alkanes) is 1. The van der Waals surface area contributed by atoms with Gasteiger partial charge in [-0.25, -0.2) is 0 Å². The maximum absolute atomic E-state index is 5.33. The molecule has 0 spiro atoms. The molecular formula is C18H32IN3O. The highest BCUT2D eigenvalue weighted by atomic mass is 127. The highest BCUT2D eigenvalue weighted by Crippen LogP contribution is 2.04. The highest BCUT2D eigenvalue weighted by molar-refractivity contribution is 14.0. The van der Waals surface area contributed by atoms with Gasteiger partial charge in [0, 0.05) is 32.8 Å². The molecule has 0 aromatic heterocycles. The van der Waals surface area contributed by atoms with Gasteiger partial charge in [-0.3, -0.25) is 4.99 Å². The second-order valence-corrected chi connectivity index (χ2v) is 5.47. The first-order chi connectivity index (χ1) is 10.8. The van der Waals surface area contributed by atoms with E-state index in [1.807, 2.05) is 14.0 Å². The summed E-state index contributed by atoms with van der Waals surface area (Å²) in [6.45, 7) is 6.80. The van der Waals surface area contributed by atoms with E-state index in [1.165, 1.54) is 5.56 Å². The van der Waals surface area contributed by atoms with Crippen molar-refractivity contribution in [2.75, 3.05) is 26.8 Å². The van der Waals surface area contributed by atoms with Gasteiger partial charge in [0.05, 0.1) is 0 Å². The molecule has 4 nitrogen and oxygen atoms in total. The second-order valence-electron chi connectivity index (χ2n) is 5.47. The molecule has 0 radical (unpaired) electrons. The molecule has 1 unspecified atom stereocenters. The van der Waals surface area contributed by atoms with Crippen molar-refractivity contribution in [2.45, 2.75) is 45.6 Å². The number of rotatable bonds is 10. The summed E-state index contributed by atoms with van der Waals surface area (Å²) in [6.07, 6.45) is 4.36. The molecule has 1 aromatic carbocycles. The summed E-state index contributed by atoms with van der Waals surface area (Å²) < 4.78 is 5.33. The zero-order valence-electron chi connectivity index (χ0n) is 14.7. The third kappa shape index (κ3) is 11.4. The Morgan fingerprint density at radius 3 is 2.61 bits per heavy atom. The van der Waals surface area contributed by atoms with Gasteiger partial charge in [0.25, 0.3) is 0 Å². The van der Waals surface area contributed by atoms with Crippen LogP contribution >= 0.6 is 24.0 Å². The van der Waals surface area contributed by atoms with Gasteiger partial charge in [-0.05, 0) is 45.1 Å². The maximum atomic E-state index is 5.33. The molecule has 0 aliphatic carbocycles. The Kier molecular flexibility index (Phi) is 14.2. The quantitative estimate of drug-likeness (QED) is 0.257. The lowest BCUT2D eigenvalue weighted by Gasteiger charge is -2.18. The zero-order valence-corrected chi connectivity index (χ0v) is 17.0. The molecule has 23 heavy (non-hydrogen) atoms. The fourth-order valence-electron chi connectivity index (χ4n) is 2.21. The minimum absolute atomic E-state index is 0. The SMILES string of the molecule is CCOCCCCNC(=NC)NC(C)CCc1ccccc1.I. The summed E-state index contributed by atoms with van der Waals surface area (Å²) in [5.74, 6) is 0.886. The van der Waals surface area contributed by atoms with Crippen LogP contribution in [0, 0.1) is 0 Å². The number of aliphatic imine (C=N–C) groups is 1. The number of aryl methyl sites for hydroxylation is 1. The molecular weight excluding hydrogens is 401 g/mol. The molecule has 132 valence electrons. The molecule has 0 heterocycles. The number of nitrogens with one attached hydrogen (secondary N) is 2. The topological polar surface area (TPSA) is 45.6 Å². The Morgan fingerprint density at radius 2 is 1.96 bits per heavy atom. The molecule has 0 bridgehead atoms. The van der Waals surface area contributed by atoms with E-state index in [1.54, 1.807) is 0 Å². The van der Waals surface area contributed by atoms with E-state index in [-0.39, 0.29) is 24.0 Å². The van der Waals surface area contributed by atoms with Crippen molar-refractivity contribution in [2.24, 2.45) is 4.99 Å². The zero-order chi connectivity index (χ0) is 16.0. The van der Waals surface area contributed by atoms with Crippen LogP contribution in [0.3, 0.4) is 0 Å². The van der Waals surface area contributed by atoms with Gasteiger partial charge >= 0.3 is 0 Å². The Balaban J connectivity index is 0.00000484. The Morgan fingerprint density at radius 1 is 1.22 bits per heavy atom. The normalized spacial score (nSPS) is 12.4. The standard InChI is InChI=1S/C18H31N3O.HI/c1-4-22-15-9-8-14-20-18(19-3)21-16(2)12-13-17-10-6-5-7-11-17;/h5-7,10-11,16H,4,8-9,12-15H2,1-3H3,(H2,19,20,21);1H. The molecule has 5 heteroatoms. The first-order valence-electron chi connectivity index (χ1n) is 8.35. The van der Waals surface area contributed by atoms with Crippen LogP contribution in [-0.2, 0) is 11.2 Å². The van der Waals surface area contributed by atoms with Crippen LogP contribution in [-0.4, -0.2) is 38.8 Å². The van der Waals surface area contributed by atoms with Crippen LogP contribution in [0.5, 0.6) is 0 Å². The molecule has 1 aromatic rings. The molecule has 2 N–H and O–H groups in total. The van der Waals surface area contributed by atoms with Gasteiger partial charge < -0.3 is 15.4 Å². The third-order valence-corrected chi connectivity index (χ3v) is 3.53. The Hall–Kier alpha value is -0.820. The van der Waals surface area contributed by atoms with Crippen molar-refractivity contribution in [3.63, 3.8) is 0 Å². The number of hydrogen-bond acceptors (Lipinski definition) is 2. The average molecular weight is 433 g/mol. The average Bonchev–Trinajstić information content (AvgIpc) is 2.56. The summed E-state index contributed by atoms with van der Waals surface area (Å²) in [7, 11) is 1.82. The minimum Gasteiger partial charge on any atom is -0.382 e. The molecule has 0 saturated carbocycles. The molecule has 0 fully saturated rings. The first-order valence-corrected chi connectivity index (χ1v) is 8.35. The number of nitrogens with zero attached hydrogens (tertiary/aromatic N) is 1. The van der Waals surface area contributed by atoms with Gasteiger partial charge in [-0.1, -0.05) is 30.3 Å². The summed E-state index contributed by atoms with van der Waals surface area (Å²) >= 11 is 0. The van der Waals surface area contributed by atoms with Crippen molar-refractivity contribution in [1.29, 1.82) is 0 Å². The van der Waals surface area contributed by atoms with Gasteiger partial charge in [0.2, 0.25) is 0 Å². The van der Waals surface area contributed by atoms with E-state index in [4.69, 9.17) is 4.74 Å². The van der Waals surface area contributed by atoms with E-state index >= 15 is 0 Å². The molecule has 1 rings (SSSR count). The minimum atomic E-state index is 0. The molecule has 0 saturated heterocycles. The predicted molar refractivity (Wildman–Crippen MR) is 110 cm³/mol. The second kappa shape index (κ2) is 14.8. The van der Waals surface area contributed by atoms with Crippen LogP contribution < -0.4 is 10.6 Å². The number of hydrogen-bond donors (Lipinski definition) is 2. The van der Waals surface area contributed by atoms with Gasteiger partial charge in [0.1, 0.15) is 0 Å². The number of ether oxygens (including phenoxy) is 1. The number of benzene rings is 1. The van der Waals surface area contributed by atoms with E-state index in [0.717, 1.165) is 51.4 Å². The van der Waals surface area contributed by atoms with Crippen LogP contribution in [0.25, 0.3) is 0 Å². The first kappa shape index (κ1) is 22.2. The van der Waals surface area contributed by atoms with Crippen LogP contribution in [0.1, 0.15) is 38.7 Å². The highest BCUT2D eigenvalue weighted by Gasteiger charge is 2.05. The van der Waals surface area contributed by atoms with E-state index in [2.05, 4.69) is 52.9 Å². The lowest BCUT2D eigenvalue weighted by molar-refractivity contribution is 0.143. The molecule has 1 atom stereocenters. The number of guanidine groups is 1. The summed E-state index contributed by atoms with van der Waals surface area (Å²) in [4.78, 5) is 4.28. The molecule has 0 amide bonds. The van der Waals surface area contributed by atoms with Crippen molar-refractivity contribution in [3.8, 4) is 0 Å². The predicted octanol–water partition coefficient (Wildman–Crippen LogP) is 3.61. The van der Waals surface area contributed by atoms with Crippen molar-refractivity contribution in [1.82, 2.24) is 10.6 Å². The third-order valence-electron chi connectivity index (χ3n) is 3.53. The summed E-state index contributed by atoms with van der Waals surface area (Å²) in [6, 6.07) is 11.0. The fourth-order valence-corrected chi connectivity index (χ4v) is 2.21. The van der Waals surface area contributed by atoms with Gasteiger partial charge in [-0.2, -0.15) is 0 Å². The lowest BCUT2D eigenvalue weighted by Crippen LogP contribution is -2.42. The lowest BCUT2D eigenvalue weighted by atomic mass is 10.1. The Labute approximate surface area is 158 Å². The maximum Gasteiger partial charge on any atom is 0.191 e. The van der Waals surface area contributed by atoms with Crippen LogP contribution in [0.2, 0.25) is 0 Å². The Bertz CT molecular complexity index is 412. The van der Waals surface area contributed by atoms with Gasteiger partial charge in [0.15, 0.2) is 5.96 Å². The van der Waals surface area contributed by atoms with Crippen LogP contribution in [0.15, 0.2) is 35.3 Å². The van der Waals surface area contributed by atoms with Crippen molar-refractivity contribution >= 4 is 29.9 Å². The van der Waals surface area contributed by atoms with Gasteiger partial charge in [-0.15, -0.1) is 24.0 Å². The van der Waals surface area contributed by atoms with E-state index in [0.29, 0.717) is 6.04 Å². The molecule has 0 aliphatic heterocycles.